The first-order valence-electron chi connectivity index (χ1n) is 8.81. The predicted octanol–water partition coefficient (Wildman–Crippen LogP) is 3.09. The summed E-state index contributed by atoms with van der Waals surface area (Å²) in [7, 11) is 0. The predicted molar refractivity (Wildman–Crippen MR) is 113 cm³/mol. The minimum absolute atomic E-state index is 0. The average Bonchev–Trinajstić information content (AvgIpc) is 3.03. The molecule has 1 aromatic carbocycles. The van der Waals surface area contributed by atoms with Gasteiger partial charge < -0.3 is 19.9 Å². The Morgan fingerprint density at radius 2 is 2.11 bits per heavy atom. The van der Waals surface area contributed by atoms with Crippen molar-refractivity contribution in [1.29, 1.82) is 0 Å². The highest BCUT2D eigenvalue weighted by molar-refractivity contribution is 14.0. The lowest BCUT2D eigenvalue weighted by molar-refractivity contribution is 0.220. The molecule has 2 N–H and O–H groups in total. The van der Waals surface area contributed by atoms with Crippen LogP contribution in [0.25, 0.3) is 0 Å². The van der Waals surface area contributed by atoms with Crippen LogP contribution in [0.15, 0.2) is 33.8 Å². The van der Waals surface area contributed by atoms with Crippen LogP contribution in [0.4, 0.5) is 4.39 Å². The summed E-state index contributed by atoms with van der Waals surface area (Å²) < 4.78 is 24.3. The van der Waals surface area contributed by atoms with Gasteiger partial charge in [0, 0.05) is 19.5 Å². The quantitative estimate of drug-likeness (QED) is 0.243. The number of ether oxygens (including phenoxy) is 1. The van der Waals surface area contributed by atoms with Gasteiger partial charge >= 0.3 is 0 Å². The number of para-hydroxylation sites is 1. The van der Waals surface area contributed by atoms with Crippen LogP contribution in [0.2, 0.25) is 0 Å². The molecule has 0 amide bonds. The molecule has 7 nitrogen and oxygen atoms in total. The number of nitrogens with one attached hydrogen (secondary N) is 2. The second-order valence-corrected chi connectivity index (χ2v) is 5.84. The lowest BCUT2D eigenvalue weighted by Gasteiger charge is -2.15. The fourth-order valence-corrected chi connectivity index (χ4v) is 2.24. The molecule has 0 aliphatic heterocycles. The Morgan fingerprint density at radius 3 is 2.78 bits per heavy atom. The molecule has 27 heavy (non-hydrogen) atoms. The Labute approximate surface area is 176 Å². The molecule has 0 aliphatic carbocycles. The van der Waals surface area contributed by atoms with Crippen molar-refractivity contribution in [3.63, 3.8) is 0 Å². The number of aromatic nitrogens is 2. The van der Waals surface area contributed by atoms with Gasteiger partial charge in [-0.1, -0.05) is 17.3 Å². The van der Waals surface area contributed by atoms with Gasteiger partial charge in [0.2, 0.25) is 5.89 Å². The Bertz CT molecular complexity index is 711. The SMILES string of the molecule is CCNC(=NCC(C)Oc1ccccc1F)NCCCc1nc(C)no1.I. The lowest BCUT2D eigenvalue weighted by Crippen LogP contribution is -2.38. The number of benzene rings is 1. The molecule has 0 fully saturated rings. The fourth-order valence-electron chi connectivity index (χ4n) is 2.24. The van der Waals surface area contributed by atoms with Gasteiger partial charge in [-0.2, -0.15) is 4.98 Å². The van der Waals surface area contributed by atoms with E-state index in [4.69, 9.17) is 9.26 Å². The molecule has 2 rings (SSSR count). The van der Waals surface area contributed by atoms with Crippen LogP contribution >= 0.6 is 24.0 Å². The zero-order valence-corrected chi connectivity index (χ0v) is 18.2. The van der Waals surface area contributed by atoms with Crippen molar-refractivity contribution in [2.75, 3.05) is 19.6 Å². The van der Waals surface area contributed by atoms with Crippen LogP contribution in [0.3, 0.4) is 0 Å². The fraction of sp³-hybridized carbons (Fsp3) is 0.500. The van der Waals surface area contributed by atoms with E-state index in [1.807, 2.05) is 13.8 Å². The van der Waals surface area contributed by atoms with Crippen molar-refractivity contribution < 1.29 is 13.7 Å². The smallest absolute Gasteiger partial charge is 0.226 e. The molecule has 0 aliphatic rings. The van der Waals surface area contributed by atoms with E-state index in [0.717, 1.165) is 19.5 Å². The van der Waals surface area contributed by atoms with E-state index in [2.05, 4.69) is 25.8 Å². The van der Waals surface area contributed by atoms with Crippen molar-refractivity contribution in [3.8, 4) is 5.75 Å². The van der Waals surface area contributed by atoms with Gasteiger partial charge in [-0.15, -0.1) is 24.0 Å². The van der Waals surface area contributed by atoms with Gasteiger partial charge in [0.05, 0.1) is 6.54 Å². The molecule has 9 heteroatoms. The molecule has 0 bridgehead atoms. The van der Waals surface area contributed by atoms with E-state index in [0.29, 0.717) is 30.6 Å². The van der Waals surface area contributed by atoms with Crippen LogP contribution in [0.1, 0.15) is 32.0 Å². The van der Waals surface area contributed by atoms with Gasteiger partial charge in [-0.3, -0.25) is 0 Å². The van der Waals surface area contributed by atoms with Gasteiger partial charge in [0.25, 0.3) is 0 Å². The van der Waals surface area contributed by atoms with E-state index in [-0.39, 0.29) is 41.6 Å². The van der Waals surface area contributed by atoms with E-state index in [9.17, 15) is 4.39 Å². The summed E-state index contributed by atoms with van der Waals surface area (Å²) in [6, 6.07) is 6.36. The number of aliphatic imine (C=N–C) groups is 1. The van der Waals surface area contributed by atoms with Crippen LogP contribution < -0.4 is 15.4 Å². The molecule has 1 atom stereocenters. The summed E-state index contributed by atoms with van der Waals surface area (Å²) >= 11 is 0. The number of guanidine groups is 1. The molecule has 2 aromatic rings. The van der Waals surface area contributed by atoms with Crippen LogP contribution in [-0.2, 0) is 6.42 Å². The second kappa shape index (κ2) is 12.5. The van der Waals surface area contributed by atoms with Gasteiger partial charge in [0.15, 0.2) is 23.4 Å². The molecule has 0 spiro atoms. The Balaban J connectivity index is 0.00000364. The van der Waals surface area contributed by atoms with Crippen molar-refractivity contribution in [2.24, 2.45) is 4.99 Å². The molecule has 1 aromatic heterocycles. The maximum atomic E-state index is 13.6. The number of hydrogen-bond acceptors (Lipinski definition) is 5. The first-order chi connectivity index (χ1) is 12.6. The molecule has 1 unspecified atom stereocenters. The van der Waals surface area contributed by atoms with E-state index in [1.54, 1.807) is 25.1 Å². The van der Waals surface area contributed by atoms with Crippen LogP contribution in [-0.4, -0.2) is 41.8 Å². The topological polar surface area (TPSA) is 84.6 Å². The average molecular weight is 491 g/mol. The highest BCUT2D eigenvalue weighted by atomic mass is 127. The summed E-state index contributed by atoms with van der Waals surface area (Å²) in [6.07, 6.45) is 1.30. The lowest BCUT2D eigenvalue weighted by atomic mass is 10.3. The molecule has 0 radical (unpaired) electrons. The molecule has 150 valence electrons. The monoisotopic (exact) mass is 491 g/mol. The molecular weight excluding hydrogens is 464 g/mol. The summed E-state index contributed by atoms with van der Waals surface area (Å²) in [4.78, 5) is 8.66. The Morgan fingerprint density at radius 1 is 1.33 bits per heavy atom. The third-order valence-corrected chi connectivity index (χ3v) is 3.45. The zero-order chi connectivity index (χ0) is 18.8. The van der Waals surface area contributed by atoms with Crippen LogP contribution in [0.5, 0.6) is 5.75 Å². The molecule has 0 saturated heterocycles. The maximum Gasteiger partial charge on any atom is 0.226 e. The van der Waals surface area contributed by atoms with Crippen molar-refractivity contribution in [1.82, 2.24) is 20.8 Å². The third-order valence-electron chi connectivity index (χ3n) is 3.45. The van der Waals surface area contributed by atoms with Gasteiger partial charge in [-0.05, 0) is 39.3 Å². The molecule has 0 saturated carbocycles. The standard InChI is InChI=1S/C18H26FN5O2.HI/c1-4-20-18(21-11-7-10-17-23-14(3)24-26-17)22-12-13(2)25-16-9-6-5-8-15(16)19;/h5-6,8-9,13H,4,7,10-12H2,1-3H3,(H2,20,21,22);1H. The number of hydrogen-bond donors (Lipinski definition) is 2. The molecular formula is C18H27FIN5O2. The first-order valence-corrected chi connectivity index (χ1v) is 8.81. The number of aryl methyl sites for hydroxylation is 2. The van der Waals surface area contributed by atoms with E-state index >= 15 is 0 Å². The maximum absolute atomic E-state index is 13.6. The summed E-state index contributed by atoms with van der Waals surface area (Å²) in [5, 5.41) is 10.2. The normalized spacial score (nSPS) is 12.2. The number of nitrogens with zero attached hydrogens (tertiary/aromatic N) is 3. The van der Waals surface area contributed by atoms with E-state index < -0.39 is 0 Å². The van der Waals surface area contributed by atoms with Crippen molar-refractivity contribution in [3.05, 3.63) is 41.8 Å². The third kappa shape index (κ3) is 8.55. The van der Waals surface area contributed by atoms with Crippen molar-refractivity contribution >= 4 is 29.9 Å². The van der Waals surface area contributed by atoms with Gasteiger partial charge in [-0.25, -0.2) is 9.38 Å². The minimum atomic E-state index is -0.371. The number of halogens is 2. The summed E-state index contributed by atoms with van der Waals surface area (Å²) in [5.74, 6) is 1.84. The zero-order valence-electron chi connectivity index (χ0n) is 15.9. The van der Waals surface area contributed by atoms with Crippen LogP contribution in [0, 0.1) is 12.7 Å². The summed E-state index contributed by atoms with van der Waals surface area (Å²) in [5.41, 5.74) is 0. The Kier molecular flexibility index (Phi) is 10.7. The van der Waals surface area contributed by atoms with E-state index in [1.165, 1.54) is 6.07 Å². The minimum Gasteiger partial charge on any atom is -0.486 e. The Hall–Kier alpha value is -1.91. The highest BCUT2D eigenvalue weighted by Gasteiger charge is 2.08. The first kappa shape index (κ1) is 23.1. The number of rotatable bonds is 9. The second-order valence-electron chi connectivity index (χ2n) is 5.84. The largest absolute Gasteiger partial charge is 0.486 e. The highest BCUT2D eigenvalue weighted by Crippen LogP contribution is 2.16. The molecule has 1 heterocycles. The van der Waals surface area contributed by atoms with Crippen molar-refractivity contribution in [2.45, 2.75) is 39.7 Å². The van der Waals surface area contributed by atoms with Gasteiger partial charge in [0.1, 0.15) is 6.10 Å². The summed E-state index contributed by atoms with van der Waals surface area (Å²) in [6.45, 7) is 7.53.